The van der Waals surface area contributed by atoms with Crippen LogP contribution in [0.4, 0.5) is 0 Å². The Balaban J connectivity index is 1.12. The van der Waals surface area contributed by atoms with Crippen molar-refractivity contribution in [2.75, 3.05) is 0 Å². The van der Waals surface area contributed by atoms with E-state index in [1.165, 1.54) is 16.2 Å². The normalized spacial score (nSPS) is 11.6. The van der Waals surface area contributed by atoms with Gasteiger partial charge in [-0.15, -0.1) is 0 Å². The van der Waals surface area contributed by atoms with Crippen LogP contribution in [0.3, 0.4) is 0 Å². The van der Waals surface area contributed by atoms with Crippen molar-refractivity contribution in [2.24, 2.45) is 0 Å². The molecule has 0 N–H and O–H groups in total. The van der Waals surface area contributed by atoms with Gasteiger partial charge in [0.25, 0.3) is 0 Å². The van der Waals surface area contributed by atoms with Gasteiger partial charge >= 0.3 is 0 Å². The molecule has 3 aromatic heterocycles. The standard InChI is InChI=1S/C60H37N7/c1-4-19-38(20-5-1)55-61-56(39-21-6-2-7-22-39)63-58(62-55)41-35-36-53(67-51-33-16-14-28-45(51)46-29-15-17-34-52(46)67)50(37-41)60-65-57(40-23-8-3-9-24-40)64-59(66-60)49-32-18-31-48-44-26-11-10-25-42(44)43-27-12-13-30-47(43)54(48)49/h1-37H. The minimum atomic E-state index is 0.519. The van der Waals surface area contributed by atoms with Crippen LogP contribution < -0.4 is 0 Å². The number of para-hydroxylation sites is 2. The van der Waals surface area contributed by atoms with E-state index < -0.39 is 0 Å². The maximum absolute atomic E-state index is 5.54. The van der Waals surface area contributed by atoms with Crippen LogP contribution in [0.5, 0.6) is 0 Å². The largest absolute Gasteiger partial charge is 0.309 e. The third-order valence-corrected chi connectivity index (χ3v) is 12.7. The van der Waals surface area contributed by atoms with Crippen molar-refractivity contribution in [2.45, 2.75) is 0 Å². The number of benzene rings is 10. The van der Waals surface area contributed by atoms with E-state index in [1.54, 1.807) is 0 Å². The molecule has 0 spiro atoms. The minimum Gasteiger partial charge on any atom is -0.309 e. The molecule has 67 heavy (non-hydrogen) atoms. The first-order valence-electron chi connectivity index (χ1n) is 22.4. The van der Waals surface area contributed by atoms with Crippen LogP contribution in [0, 0.1) is 0 Å². The second-order valence-electron chi connectivity index (χ2n) is 16.6. The molecule has 7 heteroatoms. The van der Waals surface area contributed by atoms with E-state index in [4.69, 9.17) is 29.9 Å². The van der Waals surface area contributed by atoms with Gasteiger partial charge in [-0.25, -0.2) is 29.9 Å². The Morgan fingerprint density at radius 1 is 0.239 bits per heavy atom. The van der Waals surface area contributed by atoms with Crippen LogP contribution in [0.15, 0.2) is 224 Å². The highest BCUT2D eigenvalue weighted by molar-refractivity contribution is 6.28. The van der Waals surface area contributed by atoms with E-state index >= 15 is 0 Å². The van der Waals surface area contributed by atoms with Crippen LogP contribution in [0.2, 0.25) is 0 Å². The Morgan fingerprint density at radius 2 is 0.597 bits per heavy atom. The molecular weight excluding hydrogens is 819 g/mol. The lowest BCUT2D eigenvalue weighted by molar-refractivity contribution is 1.06. The van der Waals surface area contributed by atoms with Crippen LogP contribution in [-0.2, 0) is 0 Å². The maximum atomic E-state index is 5.54. The van der Waals surface area contributed by atoms with E-state index in [1.807, 2.05) is 78.9 Å². The molecule has 0 saturated carbocycles. The third-order valence-electron chi connectivity index (χ3n) is 12.7. The molecule has 10 aromatic carbocycles. The highest BCUT2D eigenvalue weighted by Gasteiger charge is 2.23. The highest BCUT2D eigenvalue weighted by atomic mass is 15.1. The predicted octanol–water partition coefficient (Wildman–Crippen LogP) is 14.6. The van der Waals surface area contributed by atoms with Gasteiger partial charge in [-0.1, -0.05) is 194 Å². The zero-order valence-corrected chi connectivity index (χ0v) is 36.0. The molecule has 0 aliphatic rings. The molecule has 0 saturated heterocycles. The van der Waals surface area contributed by atoms with Gasteiger partial charge in [-0.3, -0.25) is 0 Å². The summed E-state index contributed by atoms with van der Waals surface area (Å²) in [6, 6.07) is 77.5. The summed E-state index contributed by atoms with van der Waals surface area (Å²) in [6.45, 7) is 0. The third kappa shape index (κ3) is 6.52. The average molecular weight is 856 g/mol. The van der Waals surface area contributed by atoms with Gasteiger partial charge in [0.15, 0.2) is 34.9 Å². The summed E-state index contributed by atoms with van der Waals surface area (Å²) >= 11 is 0. The Morgan fingerprint density at radius 3 is 1.10 bits per heavy atom. The second-order valence-corrected chi connectivity index (χ2v) is 16.6. The molecule has 0 aliphatic carbocycles. The van der Waals surface area contributed by atoms with E-state index in [-0.39, 0.29) is 0 Å². The molecular formula is C60H37N7. The van der Waals surface area contributed by atoms with Gasteiger partial charge in [0, 0.05) is 49.5 Å². The summed E-state index contributed by atoms with van der Waals surface area (Å²) in [5.41, 5.74) is 8.24. The summed E-state index contributed by atoms with van der Waals surface area (Å²) in [4.78, 5) is 31.6. The number of hydrogen-bond donors (Lipinski definition) is 0. The van der Waals surface area contributed by atoms with Crippen molar-refractivity contribution in [3.8, 4) is 74.0 Å². The first-order chi connectivity index (χ1) is 33.2. The summed E-state index contributed by atoms with van der Waals surface area (Å²) in [5.74, 6) is 3.37. The maximum Gasteiger partial charge on any atom is 0.166 e. The van der Waals surface area contributed by atoms with Gasteiger partial charge in [-0.2, -0.15) is 0 Å². The Bertz CT molecular complexity index is 3880. The average Bonchev–Trinajstić information content (AvgIpc) is 3.75. The minimum absolute atomic E-state index is 0.519. The van der Waals surface area contributed by atoms with Gasteiger partial charge < -0.3 is 4.57 Å². The monoisotopic (exact) mass is 855 g/mol. The Kier molecular flexibility index (Phi) is 9.03. The first-order valence-corrected chi connectivity index (χ1v) is 22.4. The summed E-state index contributed by atoms with van der Waals surface area (Å²) in [6.07, 6.45) is 0. The fraction of sp³-hybridized carbons (Fsp3) is 0. The molecule has 7 nitrogen and oxygen atoms in total. The Hall–Kier alpha value is -9.20. The van der Waals surface area contributed by atoms with Gasteiger partial charge in [0.05, 0.1) is 16.7 Å². The lowest BCUT2D eigenvalue weighted by Crippen LogP contribution is -2.05. The van der Waals surface area contributed by atoms with Gasteiger partial charge in [-0.05, 0) is 57.3 Å². The molecule has 0 radical (unpaired) electrons. The summed E-state index contributed by atoms with van der Waals surface area (Å²) in [5, 5.41) is 9.25. The van der Waals surface area contributed by atoms with Crippen molar-refractivity contribution in [3.63, 3.8) is 0 Å². The second kappa shape index (κ2) is 15.8. The lowest BCUT2D eigenvalue weighted by atomic mass is 9.91. The fourth-order valence-corrected chi connectivity index (χ4v) is 9.64. The number of rotatable bonds is 7. The van der Waals surface area contributed by atoms with Crippen LogP contribution in [0.1, 0.15) is 0 Å². The van der Waals surface area contributed by atoms with Crippen LogP contribution in [0.25, 0.3) is 128 Å². The van der Waals surface area contributed by atoms with Gasteiger partial charge in [0.2, 0.25) is 0 Å². The number of aromatic nitrogens is 7. The number of hydrogen-bond acceptors (Lipinski definition) is 6. The van der Waals surface area contributed by atoms with Crippen molar-refractivity contribution >= 4 is 54.1 Å². The summed E-state index contributed by atoms with van der Waals surface area (Å²) < 4.78 is 2.32. The molecule has 0 amide bonds. The molecule has 0 fully saturated rings. The number of fused-ring (bicyclic) bond motifs is 9. The van der Waals surface area contributed by atoms with Gasteiger partial charge in [0.1, 0.15) is 0 Å². The molecule has 0 bridgehead atoms. The molecule has 13 aromatic rings. The molecule has 0 atom stereocenters. The molecule has 0 aliphatic heterocycles. The first kappa shape index (κ1) is 38.3. The quantitative estimate of drug-likeness (QED) is 0.149. The lowest BCUT2D eigenvalue weighted by Gasteiger charge is -2.17. The molecule has 3 heterocycles. The van der Waals surface area contributed by atoms with Crippen molar-refractivity contribution in [1.29, 1.82) is 0 Å². The van der Waals surface area contributed by atoms with E-state index in [9.17, 15) is 0 Å². The SMILES string of the molecule is c1ccc(-c2nc(-c3ccccc3)nc(-c3ccc(-n4c5ccccc5c5ccccc54)c(-c4nc(-c5ccccc5)nc(-c5cccc6c7ccccc7c7ccccc7c56)n4)c3)n2)cc1. The Labute approximate surface area is 385 Å². The van der Waals surface area contributed by atoms with Crippen molar-refractivity contribution in [3.05, 3.63) is 224 Å². The smallest absolute Gasteiger partial charge is 0.166 e. The van der Waals surface area contributed by atoms with E-state index in [0.29, 0.717) is 34.9 Å². The van der Waals surface area contributed by atoms with Crippen molar-refractivity contribution in [1.82, 2.24) is 34.5 Å². The summed E-state index contributed by atoms with van der Waals surface area (Å²) in [7, 11) is 0. The molecule has 0 unspecified atom stereocenters. The molecule has 13 rings (SSSR count). The highest BCUT2D eigenvalue weighted by Crippen LogP contribution is 2.42. The topological polar surface area (TPSA) is 82.3 Å². The van der Waals surface area contributed by atoms with Crippen LogP contribution >= 0.6 is 0 Å². The van der Waals surface area contributed by atoms with E-state index in [2.05, 4.69) is 150 Å². The zero-order chi connectivity index (χ0) is 44.3. The van der Waals surface area contributed by atoms with Crippen molar-refractivity contribution < 1.29 is 0 Å². The zero-order valence-electron chi connectivity index (χ0n) is 36.0. The fourth-order valence-electron chi connectivity index (χ4n) is 9.64. The van der Waals surface area contributed by atoms with E-state index in [0.717, 1.165) is 77.0 Å². The predicted molar refractivity (Wildman–Crippen MR) is 273 cm³/mol. The van der Waals surface area contributed by atoms with Crippen LogP contribution in [-0.4, -0.2) is 34.5 Å². The number of nitrogens with zero attached hydrogens (tertiary/aromatic N) is 7. The molecule has 312 valence electrons.